The van der Waals surface area contributed by atoms with Crippen molar-refractivity contribution in [1.29, 1.82) is 0 Å². The Morgan fingerprint density at radius 1 is 1.64 bits per heavy atom. The van der Waals surface area contributed by atoms with Crippen LogP contribution < -0.4 is 5.73 Å². The molecule has 0 aromatic carbocycles. The van der Waals surface area contributed by atoms with Crippen LogP contribution in [0.4, 0.5) is 0 Å². The van der Waals surface area contributed by atoms with Crippen molar-refractivity contribution >= 4 is 0 Å². The maximum Gasteiger partial charge on any atom is 0.211 e. The van der Waals surface area contributed by atoms with Gasteiger partial charge in [-0.2, -0.15) is 0 Å². The first-order chi connectivity index (χ1) is 5.15. The summed E-state index contributed by atoms with van der Waals surface area (Å²) in [7, 11) is 0. The van der Waals surface area contributed by atoms with Gasteiger partial charge in [-0.3, -0.25) is 0 Å². The third kappa shape index (κ3) is 1.60. The first-order valence-corrected chi connectivity index (χ1v) is 3.87. The minimum atomic E-state index is -0.103. The van der Waals surface area contributed by atoms with Crippen molar-refractivity contribution in [3.8, 4) is 0 Å². The largest absolute Gasteiger partial charge is 0.444 e. The Labute approximate surface area is 66.6 Å². The van der Waals surface area contributed by atoms with Gasteiger partial charge in [-0.25, -0.2) is 4.98 Å². The molecule has 1 rings (SSSR count). The fourth-order valence-electron chi connectivity index (χ4n) is 0.973. The molecular formula is C8H14N2O. The third-order valence-electron chi connectivity index (χ3n) is 1.62. The molecule has 1 unspecified atom stereocenters. The molecule has 2 N–H and O–H groups in total. The molecule has 0 spiro atoms. The maximum atomic E-state index is 5.59. The highest BCUT2D eigenvalue weighted by molar-refractivity contribution is 5.08. The second-order valence-electron chi connectivity index (χ2n) is 2.70. The molecule has 1 aromatic heterocycles. The Balaban J connectivity index is 2.95. The van der Waals surface area contributed by atoms with E-state index in [0.29, 0.717) is 5.89 Å². The van der Waals surface area contributed by atoms with E-state index in [1.54, 1.807) is 0 Å². The Kier molecular flexibility index (Phi) is 2.29. The lowest BCUT2D eigenvalue weighted by Gasteiger charge is -1.95. The Morgan fingerprint density at radius 3 is 2.55 bits per heavy atom. The molecule has 0 saturated heterocycles. The molecular weight excluding hydrogens is 140 g/mol. The first-order valence-electron chi connectivity index (χ1n) is 3.87. The zero-order chi connectivity index (χ0) is 8.43. The topological polar surface area (TPSA) is 52.0 Å². The van der Waals surface area contributed by atoms with Gasteiger partial charge >= 0.3 is 0 Å². The smallest absolute Gasteiger partial charge is 0.211 e. The molecule has 0 amide bonds. The molecule has 62 valence electrons. The Hall–Kier alpha value is -0.830. The average Bonchev–Trinajstić information content (AvgIpc) is 2.31. The van der Waals surface area contributed by atoms with E-state index in [4.69, 9.17) is 10.2 Å². The highest BCUT2D eigenvalue weighted by atomic mass is 16.4. The highest BCUT2D eigenvalue weighted by Crippen LogP contribution is 2.14. The fourth-order valence-corrected chi connectivity index (χ4v) is 0.973. The van der Waals surface area contributed by atoms with Crippen LogP contribution in [0, 0.1) is 6.92 Å². The van der Waals surface area contributed by atoms with E-state index in [9.17, 15) is 0 Å². The monoisotopic (exact) mass is 154 g/mol. The Morgan fingerprint density at radius 2 is 2.27 bits per heavy atom. The molecule has 11 heavy (non-hydrogen) atoms. The van der Waals surface area contributed by atoms with Gasteiger partial charge in [0.1, 0.15) is 5.76 Å². The van der Waals surface area contributed by atoms with Crippen LogP contribution in [0.25, 0.3) is 0 Å². The van der Waals surface area contributed by atoms with E-state index in [2.05, 4.69) is 4.98 Å². The number of hydrogen-bond donors (Lipinski definition) is 1. The van der Waals surface area contributed by atoms with Gasteiger partial charge in [-0.05, 0) is 13.8 Å². The molecule has 0 fully saturated rings. The van der Waals surface area contributed by atoms with Gasteiger partial charge < -0.3 is 10.2 Å². The van der Waals surface area contributed by atoms with Crippen molar-refractivity contribution < 1.29 is 4.42 Å². The van der Waals surface area contributed by atoms with Gasteiger partial charge in [0.25, 0.3) is 0 Å². The van der Waals surface area contributed by atoms with Gasteiger partial charge in [0, 0.05) is 6.42 Å². The molecule has 0 saturated carbocycles. The Bertz CT molecular complexity index is 240. The molecule has 0 radical (unpaired) electrons. The molecule has 3 nitrogen and oxygen atoms in total. The molecule has 0 bridgehead atoms. The van der Waals surface area contributed by atoms with Crippen LogP contribution in [0.2, 0.25) is 0 Å². The summed E-state index contributed by atoms with van der Waals surface area (Å²) in [6, 6.07) is -0.103. The summed E-state index contributed by atoms with van der Waals surface area (Å²) >= 11 is 0. The lowest BCUT2D eigenvalue weighted by Crippen LogP contribution is -2.04. The van der Waals surface area contributed by atoms with Crippen molar-refractivity contribution in [2.45, 2.75) is 33.2 Å². The van der Waals surface area contributed by atoms with Gasteiger partial charge in [-0.15, -0.1) is 0 Å². The molecule has 1 aromatic rings. The molecule has 0 aliphatic heterocycles. The summed E-state index contributed by atoms with van der Waals surface area (Å²) < 4.78 is 5.39. The molecule has 1 heterocycles. The summed E-state index contributed by atoms with van der Waals surface area (Å²) in [5.74, 6) is 1.58. The average molecular weight is 154 g/mol. The van der Waals surface area contributed by atoms with Gasteiger partial charge in [0.2, 0.25) is 5.89 Å². The lowest BCUT2D eigenvalue weighted by atomic mass is 10.3. The second-order valence-corrected chi connectivity index (χ2v) is 2.70. The number of nitrogens with two attached hydrogens (primary N) is 1. The predicted octanol–water partition coefficient (Wildman–Crippen LogP) is 1.57. The minimum absolute atomic E-state index is 0.103. The number of nitrogens with zero attached hydrogens (tertiary/aromatic N) is 1. The number of oxazole rings is 1. The zero-order valence-electron chi connectivity index (χ0n) is 7.22. The van der Waals surface area contributed by atoms with E-state index < -0.39 is 0 Å². The number of aryl methyl sites for hydroxylation is 2. The highest BCUT2D eigenvalue weighted by Gasteiger charge is 2.10. The van der Waals surface area contributed by atoms with Crippen molar-refractivity contribution in [2.24, 2.45) is 5.73 Å². The molecule has 3 heteroatoms. The van der Waals surface area contributed by atoms with E-state index in [-0.39, 0.29) is 6.04 Å². The molecule has 0 aliphatic carbocycles. The van der Waals surface area contributed by atoms with E-state index in [1.165, 1.54) is 0 Å². The van der Waals surface area contributed by atoms with Crippen LogP contribution in [0.1, 0.15) is 37.2 Å². The van der Waals surface area contributed by atoms with Crippen LogP contribution >= 0.6 is 0 Å². The maximum absolute atomic E-state index is 5.59. The van der Waals surface area contributed by atoms with Crippen LogP contribution in [0.15, 0.2) is 4.42 Å². The summed E-state index contributed by atoms with van der Waals surface area (Å²) in [6.07, 6.45) is 0.881. The van der Waals surface area contributed by atoms with Crippen molar-refractivity contribution in [3.63, 3.8) is 0 Å². The van der Waals surface area contributed by atoms with Crippen LogP contribution in [-0.2, 0) is 6.42 Å². The van der Waals surface area contributed by atoms with Gasteiger partial charge in [0.05, 0.1) is 11.7 Å². The summed E-state index contributed by atoms with van der Waals surface area (Å²) in [5.41, 5.74) is 6.55. The van der Waals surface area contributed by atoms with E-state index in [0.717, 1.165) is 17.9 Å². The first kappa shape index (κ1) is 8.27. The van der Waals surface area contributed by atoms with Crippen LogP contribution in [-0.4, -0.2) is 4.98 Å². The van der Waals surface area contributed by atoms with Crippen LogP contribution in [0.5, 0.6) is 0 Å². The fraction of sp³-hybridized carbons (Fsp3) is 0.625. The number of hydrogen-bond acceptors (Lipinski definition) is 3. The minimum Gasteiger partial charge on any atom is -0.444 e. The third-order valence-corrected chi connectivity index (χ3v) is 1.62. The summed E-state index contributed by atoms with van der Waals surface area (Å²) in [6.45, 7) is 5.84. The zero-order valence-corrected chi connectivity index (χ0v) is 7.22. The second kappa shape index (κ2) is 3.05. The van der Waals surface area contributed by atoms with Crippen molar-refractivity contribution in [1.82, 2.24) is 4.98 Å². The van der Waals surface area contributed by atoms with Gasteiger partial charge in [-0.1, -0.05) is 6.92 Å². The quantitative estimate of drug-likeness (QED) is 0.703. The van der Waals surface area contributed by atoms with Crippen molar-refractivity contribution in [2.75, 3.05) is 0 Å². The molecule has 1 atom stereocenters. The van der Waals surface area contributed by atoms with E-state index >= 15 is 0 Å². The van der Waals surface area contributed by atoms with Gasteiger partial charge in [0.15, 0.2) is 0 Å². The van der Waals surface area contributed by atoms with Crippen molar-refractivity contribution in [3.05, 3.63) is 17.3 Å². The van der Waals surface area contributed by atoms with E-state index in [1.807, 2.05) is 20.8 Å². The lowest BCUT2D eigenvalue weighted by molar-refractivity contribution is 0.433. The number of aromatic nitrogens is 1. The van der Waals surface area contributed by atoms with Crippen LogP contribution in [0.3, 0.4) is 0 Å². The SMILES string of the molecule is CCc1oc(C(C)N)nc1C. The predicted molar refractivity (Wildman–Crippen MR) is 43.2 cm³/mol. The summed E-state index contributed by atoms with van der Waals surface area (Å²) in [4.78, 5) is 4.19. The summed E-state index contributed by atoms with van der Waals surface area (Å²) in [5, 5.41) is 0. The molecule has 0 aliphatic rings. The normalized spacial score (nSPS) is 13.5. The standard InChI is InChI=1S/C8H14N2O/c1-4-7-6(3)10-8(11-7)5(2)9/h5H,4,9H2,1-3H3. The number of rotatable bonds is 2.